The SMILES string of the molecule is NC1=NC(CCC2CCCCC2)(CC2CCCCC2)C(=O)N1CCc1ccccc1. The van der Waals surface area contributed by atoms with Crippen molar-refractivity contribution in [2.24, 2.45) is 22.6 Å². The largest absolute Gasteiger partial charge is 0.369 e. The third-order valence-corrected chi connectivity index (χ3v) is 7.76. The number of benzene rings is 1. The maximum atomic E-state index is 13.7. The van der Waals surface area contributed by atoms with E-state index in [1.165, 1.54) is 69.8 Å². The van der Waals surface area contributed by atoms with Gasteiger partial charge in [-0.25, -0.2) is 4.99 Å². The number of guanidine groups is 1. The Kier molecular flexibility index (Phi) is 7.12. The second-order valence-electron chi connectivity index (χ2n) is 9.94. The van der Waals surface area contributed by atoms with Crippen LogP contribution in [0, 0.1) is 11.8 Å². The van der Waals surface area contributed by atoms with Crippen LogP contribution in [0.3, 0.4) is 0 Å². The van der Waals surface area contributed by atoms with E-state index in [1.807, 2.05) is 6.07 Å². The zero-order valence-corrected chi connectivity index (χ0v) is 18.5. The summed E-state index contributed by atoms with van der Waals surface area (Å²) in [6.07, 6.45) is 16.9. The second-order valence-corrected chi connectivity index (χ2v) is 9.94. The summed E-state index contributed by atoms with van der Waals surface area (Å²) in [6, 6.07) is 10.4. The molecule has 30 heavy (non-hydrogen) atoms. The number of carbonyl (C=O) groups is 1. The van der Waals surface area contributed by atoms with Gasteiger partial charge in [-0.05, 0) is 43.1 Å². The molecule has 1 aliphatic heterocycles. The quantitative estimate of drug-likeness (QED) is 0.620. The number of aliphatic imine (C=N–C) groups is 1. The Morgan fingerprint density at radius 1 is 0.933 bits per heavy atom. The lowest BCUT2D eigenvalue weighted by Gasteiger charge is -2.33. The zero-order valence-electron chi connectivity index (χ0n) is 18.5. The van der Waals surface area contributed by atoms with Gasteiger partial charge in [-0.1, -0.05) is 94.5 Å². The first kappa shape index (κ1) is 21.4. The standard InChI is InChI=1S/C26H39N3O/c27-25-28-26(20-23-14-8-3-9-15-23,18-16-21-10-4-1-5-11-21)24(30)29(25)19-17-22-12-6-2-7-13-22/h2,6-7,12-13,21,23H,1,3-5,8-11,14-20H2,(H2,27,28). The number of hydrogen-bond acceptors (Lipinski definition) is 3. The van der Waals surface area contributed by atoms with Gasteiger partial charge in [0.15, 0.2) is 5.96 Å². The van der Waals surface area contributed by atoms with E-state index in [1.54, 1.807) is 4.90 Å². The van der Waals surface area contributed by atoms with Crippen molar-refractivity contribution in [2.45, 2.75) is 95.4 Å². The number of nitrogens with two attached hydrogens (primary N) is 1. The summed E-state index contributed by atoms with van der Waals surface area (Å²) >= 11 is 0. The van der Waals surface area contributed by atoms with Crippen LogP contribution in [0.5, 0.6) is 0 Å². The fraction of sp³-hybridized carbons (Fsp3) is 0.692. The third kappa shape index (κ3) is 5.07. The van der Waals surface area contributed by atoms with E-state index >= 15 is 0 Å². The Hall–Kier alpha value is -1.84. The molecule has 1 atom stereocenters. The van der Waals surface area contributed by atoms with Crippen LogP contribution in [0.1, 0.15) is 89.0 Å². The maximum Gasteiger partial charge on any atom is 0.257 e. The van der Waals surface area contributed by atoms with Crippen molar-refractivity contribution in [3.8, 4) is 0 Å². The molecule has 164 valence electrons. The lowest BCUT2D eigenvalue weighted by molar-refractivity contribution is -0.132. The highest BCUT2D eigenvalue weighted by Crippen LogP contribution is 2.40. The Morgan fingerprint density at radius 2 is 1.57 bits per heavy atom. The van der Waals surface area contributed by atoms with Crippen molar-refractivity contribution < 1.29 is 4.79 Å². The van der Waals surface area contributed by atoms with Crippen molar-refractivity contribution in [3.05, 3.63) is 35.9 Å². The van der Waals surface area contributed by atoms with Crippen LogP contribution >= 0.6 is 0 Å². The molecule has 4 nitrogen and oxygen atoms in total. The van der Waals surface area contributed by atoms with Gasteiger partial charge in [0, 0.05) is 6.54 Å². The van der Waals surface area contributed by atoms with Crippen molar-refractivity contribution in [1.82, 2.24) is 4.90 Å². The molecule has 1 heterocycles. The number of amides is 1. The van der Waals surface area contributed by atoms with Gasteiger partial charge in [0.2, 0.25) is 0 Å². The lowest BCUT2D eigenvalue weighted by atomic mass is 9.75. The molecule has 2 N–H and O–H groups in total. The highest BCUT2D eigenvalue weighted by atomic mass is 16.2. The molecule has 1 amide bonds. The topological polar surface area (TPSA) is 58.7 Å². The minimum atomic E-state index is -0.597. The van der Waals surface area contributed by atoms with E-state index in [0.717, 1.165) is 31.6 Å². The molecule has 1 aromatic rings. The summed E-state index contributed by atoms with van der Waals surface area (Å²) in [5.74, 6) is 2.02. The van der Waals surface area contributed by atoms with Gasteiger partial charge in [-0.15, -0.1) is 0 Å². The van der Waals surface area contributed by atoms with Gasteiger partial charge < -0.3 is 5.73 Å². The summed E-state index contributed by atoms with van der Waals surface area (Å²) in [7, 11) is 0. The number of hydrogen-bond donors (Lipinski definition) is 1. The van der Waals surface area contributed by atoms with Crippen LogP contribution in [0.2, 0.25) is 0 Å². The Bertz CT molecular complexity index is 719. The van der Waals surface area contributed by atoms with Gasteiger partial charge >= 0.3 is 0 Å². The molecule has 0 bridgehead atoms. The van der Waals surface area contributed by atoms with Crippen molar-refractivity contribution >= 4 is 11.9 Å². The Morgan fingerprint density at radius 3 is 2.23 bits per heavy atom. The molecule has 0 spiro atoms. The Labute approximate surface area is 182 Å². The molecule has 1 aromatic carbocycles. The van der Waals surface area contributed by atoms with Gasteiger partial charge in [-0.3, -0.25) is 9.69 Å². The first-order valence-corrected chi connectivity index (χ1v) is 12.4. The lowest BCUT2D eigenvalue weighted by Crippen LogP contribution is -2.46. The zero-order chi connectivity index (χ0) is 20.8. The van der Waals surface area contributed by atoms with Crippen LogP contribution in [-0.2, 0) is 11.2 Å². The minimum Gasteiger partial charge on any atom is -0.369 e. The molecule has 0 saturated heterocycles. The Balaban J connectivity index is 1.46. The predicted molar refractivity (Wildman–Crippen MR) is 123 cm³/mol. The van der Waals surface area contributed by atoms with Crippen LogP contribution in [0.25, 0.3) is 0 Å². The molecule has 2 fully saturated rings. The first-order valence-electron chi connectivity index (χ1n) is 12.4. The first-order chi connectivity index (χ1) is 14.7. The highest BCUT2D eigenvalue weighted by Gasteiger charge is 2.48. The van der Waals surface area contributed by atoms with E-state index in [2.05, 4.69) is 24.3 Å². The maximum absolute atomic E-state index is 13.7. The molecule has 4 rings (SSSR count). The van der Waals surface area contributed by atoms with E-state index in [0.29, 0.717) is 18.4 Å². The molecule has 0 radical (unpaired) electrons. The fourth-order valence-electron chi connectivity index (χ4n) is 5.97. The monoisotopic (exact) mass is 409 g/mol. The van der Waals surface area contributed by atoms with Gasteiger partial charge in [0.25, 0.3) is 5.91 Å². The van der Waals surface area contributed by atoms with E-state index in [-0.39, 0.29) is 5.91 Å². The number of carbonyl (C=O) groups excluding carboxylic acids is 1. The van der Waals surface area contributed by atoms with E-state index < -0.39 is 5.54 Å². The second kappa shape index (κ2) is 9.98. The van der Waals surface area contributed by atoms with E-state index in [4.69, 9.17) is 10.7 Å². The number of rotatable bonds is 8. The molecule has 2 aliphatic carbocycles. The summed E-state index contributed by atoms with van der Waals surface area (Å²) in [5, 5.41) is 0. The smallest absolute Gasteiger partial charge is 0.257 e. The summed E-state index contributed by atoms with van der Waals surface area (Å²) in [6.45, 7) is 0.633. The van der Waals surface area contributed by atoms with Crippen LogP contribution < -0.4 is 5.73 Å². The predicted octanol–water partition coefficient (Wildman–Crippen LogP) is 5.46. The average Bonchev–Trinajstić information content (AvgIpc) is 3.02. The highest BCUT2D eigenvalue weighted by molar-refractivity contribution is 6.06. The van der Waals surface area contributed by atoms with Crippen LogP contribution in [-0.4, -0.2) is 28.9 Å². The summed E-state index contributed by atoms with van der Waals surface area (Å²) in [4.78, 5) is 20.5. The van der Waals surface area contributed by atoms with Crippen LogP contribution in [0.15, 0.2) is 35.3 Å². The molecular formula is C26H39N3O. The molecule has 3 aliphatic rings. The summed E-state index contributed by atoms with van der Waals surface area (Å²) < 4.78 is 0. The third-order valence-electron chi connectivity index (χ3n) is 7.76. The number of nitrogens with zero attached hydrogens (tertiary/aromatic N) is 2. The summed E-state index contributed by atoms with van der Waals surface area (Å²) in [5.41, 5.74) is 7.02. The minimum absolute atomic E-state index is 0.178. The molecule has 0 aromatic heterocycles. The molecule has 2 saturated carbocycles. The molecule has 4 heteroatoms. The van der Waals surface area contributed by atoms with Crippen molar-refractivity contribution in [1.29, 1.82) is 0 Å². The normalized spacial score (nSPS) is 26.2. The van der Waals surface area contributed by atoms with Gasteiger partial charge in [0.05, 0.1) is 0 Å². The van der Waals surface area contributed by atoms with Gasteiger partial charge in [-0.2, -0.15) is 0 Å². The fourth-order valence-corrected chi connectivity index (χ4v) is 5.97. The van der Waals surface area contributed by atoms with Crippen molar-refractivity contribution in [3.63, 3.8) is 0 Å². The van der Waals surface area contributed by atoms with Crippen LogP contribution in [0.4, 0.5) is 0 Å². The molecule has 1 unspecified atom stereocenters. The van der Waals surface area contributed by atoms with Gasteiger partial charge in [0.1, 0.15) is 5.54 Å². The molecular weight excluding hydrogens is 370 g/mol. The van der Waals surface area contributed by atoms with E-state index in [9.17, 15) is 4.79 Å². The van der Waals surface area contributed by atoms with Crippen molar-refractivity contribution in [2.75, 3.05) is 6.54 Å². The average molecular weight is 410 g/mol.